The lowest BCUT2D eigenvalue weighted by molar-refractivity contribution is -0.146. The Morgan fingerprint density at radius 3 is 2.30 bits per heavy atom. The summed E-state index contributed by atoms with van der Waals surface area (Å²) in [7, 11) is 0. The highest BCUT2D eigenvalue weighted by molar-refractivity contribution is 5.86. The van der Waals surface area contributed by atoms with Crippen molar-refractivity contribution in [2.75, 3.05) is 0 Å². The molecule has 110 valence electrons. The number of nitrogens with one attached hydrogen (secondary N) is 1. The minimum absolute atomic E-state index is 0.207. The first-order valence-electron chi connectivity index (χ1n) is 6.91. The Hall–Kier alpha value is -1.84. The second-order valence-corrected chi connectivity index (χ2v) is 5.67. The first-order valence-corrected chi connectivity index (χ1v) is 6.91. The van der Waals surface area contributed by atoms with E-state index in [-0.39, 0.29) is 5.91 Å². The quantitative estimate of drug-likeness (QED) is 0.753. The number of benzene rings is 1. The second-order valence-electron chi connectivity index (χ2n) is 5.67. The predicted octanol–water partition coefficient (Wildman–Crippen LogP) is 2.69. The van der Waals surface area contributed by atoms with E-state index in [1.54, 1.807) is 0 Å². The topological polar surface area (TPSA) is 66.4 Å². The first-order chi connectivity index (χ1) is 9.31. The molecule has 0 atom stereocenters. The fraction of sp³-hybridized carbons (Fsp3) is 0.500. The van der Waals surface area contributed by atoms with Gasteiger partial charge in [0.25, 0.3) is 0 Å². The number of rotatable bonds is 7. The molecule has 1 rings (SSSR count). The second kappa shape index (κ2) is 7.08. The van der Waals surface area contributed by atoms with Gasteiger partial charge in [0.15, 0.2) is 0 Å². The smallest absolute Gasteiger partial charge is 0.328 e. The largest absolute Gasteiger partial charge is 0.480 e. The van der Waals surface area contributed by atoms with Crippen molar-refractivity contribution in [2.24, 2.45) is 0 Å². The Morgan fingerprint density at radius 1 is 1.15 bits per heavy atom. The zero-order valence-electron chi connectivity index (χ0n) is 12.4. The lowest BCUT2D eigenvalue weighted by atomic mass is 10.0. The van der Waals surface area contributed by atoms with Crippen LogP contribution in [0.3, 0.4) is 0 Å². The number of carbonyl (C=O) groups excluding carboxylic acids is 1. The zero-order chi connectivity index (χ0) is 15.2. The molecular formula is C16H23NO3. The average Bonchev–Trinajstić information content (AvgIpc) is 2.36. The van der Waals surface area contributed by atoms with Crippen LogP contribution in [0.1, 0.15) is 44.2 Å². The lowest BCUT2D eigenvalue weighted by Gasteiger charge is -2.20. The maximum atomic E-state index is 11.6. The molecule has 20 heavy (non-hydrogen) atoms. The minimum atomic E-state index is -1.20. The Kier molecular flexibility index (Phi) is 5.74. The molecule has 0 spiro atoms. The van der Waals surface area contributed by atoms with Gasteiger partial charge in [0.2, 0.25) is 5.91 Å². The Morgan fingerprint density at radius 2 is 1.75 bits per heavy atom. The number of unbranched alkanes of at least 4 members (excludes halogenated alkanes) is 1. The predicted molar refractivity (Wildman–Crippen MR) is 78.6 cm³/mol. The summed E-state index contributed by atoms with van der Waals surface area (Å²) in [6.45, 7) is 5.03. The summed E-state index contributed by atoms with van der Waals surface area (Å²) in [6, 6.07) is 8.36. The summed E-state index contributed by atoms with van der Waals surface area (Å²) in [5.41, 5.74) is 1.31. The van der Waals surface area contributed by atoms with Gasteiger partial charge in [-0.25, -0.2) is 4.79 Å². The van der Waals surface area contributed by atoms with Crippen LogP contribution < -0.4 is 5.32 Å². The average molecular weight is 277 g/mol. The van der Waals surface area contributed by atoms with E-state index in [1.807, 2.05) is 0 Å². The van der Waals surface area contributed by atoms with Crippen LogP contribution in [-0.2, 0) is 16.0 Å². The molecule has 4 heteroatoms. The molecule has 2 N–H and O–H groups in total. The van der Waals surface area contributed by atoms with E-state index < -0.39 is 11.5 Å². The van der Waals surface area contributed by atoms with Crippen molar-refractivity contribution in [3.8, 4) is 0 Å². The van der Waals surface area contributed by atoms with Crippen molar-refractivity contribution in [3.63, 3.8) is 0 Å². The molecule has 1 aromatic carbocycles. The molecule has 0 aliphatic heterocycles. The molecule has 0 bridgehead atoms. The Bertz CT molecular complexity index is 463. The van der Waals surface area contributed by atoms with Crippen molar-refractivity contribution >= 4 is 11.9 Å². The molecule has 0 radical (unpaired) electrons. The molecule has 0 heterocycles. The Balaban J connectivity index is 2.26. The van der Waals surface area contributed by atoms with Crippen molar-refractivity contribution < 1.29 is 14.7 Å². The van der Waals surface area contributed by atoms with Crippen molar-refractivity contribution in [1.82, 2.24) is 5.32 Å². The molecule has 1 amide bonds. The number of carboxylic acids is 1. The van der Waals surface area contributed by atoms with Crippen LogP contribution in [0.4, 0.5) is 0 Å². The molecule has 4 nitrogen and oxygen atoms in total. The number of hydrogen-bond donors (Lipinski definition) is 2. The van der Waals surface area contributed by atoms with Crippen LogP contribution in [-0.4, -0.2) is 22.5 Å². The van der Waals surface area contributed by atoms with E-state index in [0.717, 1.165) is 19.3 Å². The van der Waals surface area contributed by atoms with Crippen LogP contribution in [0.15, 0.2) is 24.3 Å². The molecule has 0 aliphatic rings. The number of carbonyl (C=O) groups is 2. The first kappa shape index (κ1) is 16.2. The number of hydrogen-bond acceptors (Lipinski definition) is 2. The fourth-order valence-electron chi connectivity index (χ4n) is 1.83. The summed E-state index contributed by atoms with van der Waals surface area (Å²) in [5.74, 6) is -1.23. The molecular weight excluding hydrogens is 254 g/mol. The summed E-state index contributed by atoms with van der Waals surface area (Å²) in [6.07, 6.45) is 2.98. The Labute approximate surface area is 120 Å². The van der Waals surface area contributed by atoms with E-state index in [9.17, 15) is 9.59 Å². The highest BCUT2D eigenvalue weighted by Crippen LogP contribution is 2.09. The van der Waals surface area contributed by atoms with Crippen molar-refractivity contribution in [1.29, 1.82) is 0 Å². The third-order valence-electron chi connectivity index (χ3n) is 3.23. The van der Waals surface area contributed by atoms with Gasteiger partial charge in [0.1, 0.15) is 5.54 Å². The van der Waals surface area contributed by atoms with Crippen LogP contribution in [0.25, 0.3) is 0 Å². The van der Waals surface area contributed by atoms with E-state index in [2.05, 4.69) is 36.5 Å². The molecule has 0 fully saturated rings. The van der Waals surface area contributed by atoms with Crippen LogP contribution in [0, 0.1) is 6.92 Å². The van der Waals surface area contributed by atoms with Gasteiger partial charge in [-0.15, -0.1) is 0 Å². The normalized spacial score (nSPS) is 11.2. The molecule has 0 aliphatic carbocycles. The van der Waals surface area contributed by atoms with E-state index in [0.29, 0.717) is 6.42 Å². The van der Waals surface area contributed by atoms with Crippen LogP contribution >= 0.6 is 0 Å². The number of amides is 1. The van der Waals surface area contributed by atoms with Gasteiger partial charge in [-0.3, -0.25) is 4.79 Å². The molecule has 1 aromatic rings. The van der Waals surface area contributed by atoms with Gasteiger partial charge in [0.05, 0.1) is 0 Å². The highest BCUT2D eigenvalue weighted by atomic mass is 16.4. The minimum Gasteiger partial charge on any atom is -0.480 e. The standard InChI is InChI=1S/C16H23NO3/c1-12-8-10-13(11-9-12)6-4-5-7-14(18)17-16(2,3)15(19)20/h8-11H,4-7H2,1-3H3,(H,17,18)(H,19,20). The number of carboxylic acid groups (broad SMARTS) is 1. The monoisotopic (exact) mass is 277 g/mol. The fourth-order valence-corrected chi connectivity index (χ4v) is 1.83. The highest BCUT2D eigenvalue weighted by Gasteiger charge is 2.28. The van der Waals surface area contributed by atoms with Gasteiger partial charge in [-0.1, -0.05) is 29.8 Å². The third kappa shape index (κ3) is 5.43. The van der Waals surface area contributed by atoms with Gasteiger partial charge in [-0.05, 0) is 45.6 Å². The van der Waals surface area contributed by atoms with Gasteiger partial charge in [0, 0.05) is 6.42 Å². The summed E-state index contributed by atoms with van der Waals surface area (Å²) in [4.78, 5) is 22.5. The molecule has 0 aromatic heterocycles. The summed E-state index contributed by atoms with van der Waals surface area (Å²) >= 11 is 0. The molecule has 0 saturated heterocycles. The van der Waals surface area contributed by atoms with Gasteiger partial charge >= 0.3 is 5.97 Å². The lowest BCUT2D eigenvalue weighted by Crippen LogP contribution is -2.49. The number of aryl methyl sites for hydroxylation is 2. The number of aliphatic carboxylic acids is 1. The van der Waals surface area contributed by atoms with Gasteiger partial charge in [-0.2, -0.15) is 0 Å². The maximum Gasteiger partial charge on any atom is 0.328 e. The van der Waals surface area contributed by atoms with E-state index >= 15 is 0 Å². The van der Waals surface area contributed by atoms with Crippen LogP contribution in [0.2, 0.25) is 0 Å². The maximum absolute atomic E-state index is 11.6. The SMILES string of the molecule is Cc1ccc(CCCCC(=O)NC(C)(C)C(=O)O)cc1. The molecule has 0 unspecified atom stereocenters. The molecule has 0 saturated carbocycles. The van der Waals surface area contributed by atoms with Crippen molar-refractivity contribution in [2.45, 2.75) is 52.0 Å². The van der Waals surface area contributed by atoms with Gasteiger partial charge < -0.3 is 10.4 Å². The summed E-state index contributed by atoms with van der Waals surface area (Å²) < 4.78 is 0. The van der Waals surface area contributed by atoms with Crippen molar-refractivity contribution in [3.05, 3.63) is 35.4 Å². The van der Waals surface area contributed by atoms with Crippen LogP contribution in [0.5, 0.6) is 0 Å². The summed E-state index contributed by atoms with van der Waals surface area (Å²) in [5, 5.41) is 11.4. The van der Waals surface area contributed by atoms with E-state index in [4.69, 9.17) is 5.11 Å². The van der Waals surface area contributed by atoms with E-state index in [1.165, 1.54) is 25.0 Å². The zero-order valence-corrected chi connectivity index (χ0v) is 12.4. The third-order valence-corrected chi connectivity index (χ3v) is 3.23.